The van der Waals surface area contributed by atoms with Crippen LogP contribution in [0, 0.1) is 0 Å². The first kappa shape index (κ1) is 23.2. The summed E-state index contributed by atoms with van der Waals surface area (Å²) in [6.45, 7) is 4.66. The van der Waals surface area contributed by atoms with Crippen molar-refractivity contribution in [1.82, 2.24) is 15.0 Å². The highest BCUT2D eigenvalue weighted by molar-refractivity contribution is 5.88. The first-order valence-electron chi connectivity index (χ1n) is 13.3. The van der Waals surface area contributed by atoms with Crippen LogP contribution in [0.4, 0.5) is 0 Å². The van der Waals surface area contributed by atoms with Crippen LogP contribution in [-0.2, 0) is 5.41 Å². The lowest BCUT2D eigenvalue weighted by atomic mass is 9.79. The maximum absolute atomic E-state index is 4.95. The molecular weight excluding hydrogens is 474 g/mol. The van der Waals surface area contributed by atoms with Crippen LogP contribution in [0.2, 0.25) is 0 Å². The molecule has 0 fully saturated rings. The molecule has 0 aliphatic heterocycles. The standard InChI is InChI=1S/C36H27N3/c1-36(2)31-22-10-9-19-29(31)30-21-12-20-28(32(30)36)26-17-11-18-27(23-26)35-38-33(24-13-5-3-6-14-24)37-34(39-35)25-15-7-4-8-16-25/h3-23H,1-2H3. The highest BCUT2D eigenvalue weighted by Crippen LogP contribution is 2.52. The van der Waals surface area contributed by atoms with Crippen LogP contribution < -0.4 is 0 Å². The van der Waals surface area contributed by atoms with E-state index >= 15 is 0 Å². The van der Waals surface area contributed by atoms with Crippen molar-refractivity contribution in [1.29, 1.82) is 0 Å². The first-order valence-corrected chi connectivity index (χ1v) is 13.3. The van der Waals surface area contributed by atoms with E-state index in [1.54, 1.807) is 0 Å². The van der Waals surface area contributed by atoms with Gasteiger partial charge < -0.3 is 0 Å². The topological polar surface area (TPSA) is 38.7 Å². The summed E-state index contributed by atoms with van der Waals surface area (Å²) in [6, 6.07) is 44.2. The van der Waals surface area contributed by atoms with Crippen LogP contribution in [0.3, 0.4) is 0 Å². The molecular formula is C36H27N3. The fourth-order valence-corrected chi connectivity index (χ4v) is 5.85. The number of rotatable bonds is 4. The van der Waals surface area contributed by atoms with Crippen LogP contribution >= 0.6 is 0 Å². The quantitative estimate of drug-likeness (QED) is 0.242. The molecule has 0 unspecified atom stereocenters. The number of hydrogen-bond acceptors (Lipinski definition) is 3. The SMILES string of the molecule is CC1(C)c2ccccc2-c2cccc(-c3cccc(-c4nc(-c5ccccc5)nc(-c5ccccc5)n4)c3)c21. The van der Waals surface area contributed by atoms with Crippen LogP contribution in [-0.4, -0.2) is 15.0 Å². The van der Waals surface area contributed by atoms with E-state index < -0.39 is 0 Å². The van der Waals surface area contributed by atoms with Gasteiger partial charge in [0.25, 0.3) is 0 Å². The lowest BCUT2D eigenvalue weighted by Gasteiger charge is -2.24. The third-order valence-electron chi connectivity index (χ3n) is 7.71. The molecule has 0 saturated heterocycles. The van der Waals surface area contributed by atoms with Crippen molar-refractivity contribution < 1.29 is 0 Å². The molecule has 0 amide bonds. The molecule has 0 N–H and O–H groups in total. The van der Waals surface area contributed by atoms with Gasteiger partial charge in [-0.3, -0.25) is 0 Å². The smallest absolute Gasteiger partial charge is 0.164 e. The summed E-state index contributed by atoms with van der Waals surface area (Å²) in [4.78, 5) is 14.7. The Morgan fingerprint density at radius 3 is 1.54 bits per heavy atom. The van der Waals surface area contributed by atoms with Crippen molar-refractivity contribution >= 4 is 0 Å². The molecule has 39 heavy (non-hydrogen) atoms. The van der Waals surface area contributed by atoms with Crippen molar-refractivity contribution in [3.8, 4) is 56.4 Å². The average molecular weight is 502 g/mol. The summed E-state index contributed by atoms with van der Waals surface area (Å²) in [5, 5.41) is 0. The molecule has 3 heteroatoms. The zero-order valence-electron chi connectivity index (χ0n) is 22.0. The number of aromatic nitrogens is 3. The van der Waals surface area contributed by atoms with Crippen molar-refractivity contribution in [2.75, 3.05) is 0 Å². The predicted molar refractivity (Wildman–Crippen MR) is 159 cm³/mol. The highest BCUT2D eigenvalue weighted by Gasteiger charge is 2.37. The molecule has 0 radical (unpaired) electrons. The van der Waals surface area contributed by atoms with E-state index in [9.17, 15) is 0 Å². The van der Waals surface area contributed by atoms with Gasteiger partial charge >= 0.3 is 0 Å². The largest absolute Gasteiger partial charge is 0.208 e. The van der Waals surface area contributed by atoms with Gasteiger partial charge in [-0.15, -0.1) is 0 Å². The Morgan fingerprint density at radius 2 is 0.872 bits per heavy atom. The molecule has 0 saturated carbocycles. The van der Waals surface area contributed by atoms with Crippen molar-refractivity contribution in [3.63, 3.8) is 0 Å². The second-order valence-corrected chi connectivity index (χ2v) is 10.5. The Labute approximate surface area is 228 Å². The van der Waals surface area contributed by atoms with Crippen molar-refractivity contribution in [2.45, 2.75) is 19.3 Å². The summed E-state index contributed by atoms with van der Waals surface area (Å²) < 4.78 is 0. The molecule has 5 aromatic carbocycles. The Morgan fingerprint density at radius 1 is 0.410 bits per heavy atom. The van der Waals surface area contributed by atoms with E-state index in [1.807, 2.05) is 60.7 Å². The minimum absolute atomic E-state index is 0.0906. The number of nitrogens with zero attached hydrogens (tertiary/aromatic N) is 3. The lowest BCUT2D eigenvalue weighted by Crippen LogP contribution is -2.16. The van der Waals surface area contributed by atoms with Gasteiger partial charge in [-0.25, -0.2) is 15.0 Å². The van der Waals surface area contributed by atoms with Crippen LogP contribution in [0.5, 0.6) is 0 Å². The number of hydrogen-bond donors (Lipinski definition) is 0. The Kier molecular flexibility index (Phi) is 5.45. The molecule has 6 aromatic rings. The Hall–Kier alpha value is -4.89. The fourth-order valence-electron chi connectivity index (χ4n) is 5.85. The van der Waals surface area contributed by atoms with E-state index in [4.69, 9.17) is 15.0 Å². The van der Waals surface area contributed by atoms with Gasteiger partial charge in [-0.1, -0.05) is 135 Å². The molecule has 1 aromatic heterocycles. The van der Waals surface area contributed by atoms with Crippen molar-refractivity contribution in [3.05, 3.63) is 139 Å². The maximum atomic E-state index is 4.95. The van der Waals surface area contributed by atoms with Gasteiger partial charge in [-0.05, 0) is 39.4 Å². The molecule has 186 valence electrons. The van der Waals surface area contributed by atoms with Gasteiger partial charge in [0.05, 0.1) is 0 Å². The molecule has 3 nitrogen and oxygen atoms in total. The van der Waals surface area contributed by atoms with E-state index in [-0.39, 0.29) is 5.41 Å². The monoisotopic (exact) mass is 501 g/mol. The molecule has 0 bridgehead atoms. The molecule has 7 rings (SSSR count). The predicted octanol–water partition coefficient (Wildman–Crippen LogP) is 8.85. The number of benzene rings is 5. The zero-order valence-corrected chi connectivity index (χ0v) is 22.0. The third-order valence-corrected chi connectivity index (χ3v) is 7.71. The zero-order chi connectivity index (χ0) is 26.4. The average Bonchev–Trinajstić information content (AvgIpc) is 3.24. The molecule has 1 aliphatic carbocycles. The molecule has 0 spiro atoms. The van der Waals surface area contributed by atoms with E-state index in [2.05, 4.69) is 80.6 Å². The van der Waals surface area contributed by atoms with Gasteiger partial charge in [0.15, 0.2) is 17.5 Å². The lowest BCUT2D eigenvalue weighted by molar-refractivity contribution is 0.662. The van der Waals surface area contributed by atoms with Crippen LogP contribution in [0.25, 0.3) is 56.4 Å². The number of fused-ring (bicyclic) bond motifs is 3. The Balaban J connectivity index is 1.39. The second-order valence-electron chi connectivity index (χ2n) is 10.5. The summed E-state index contributed by atoms with van der Waals surface area (Å²) in [5.41, 5.74) is 10.6. The van der Waals surface area contributed by atoms with Gasteiger partial charge in [0.2, 0.25) is 0 Å². The first-order chi connectivity index (χ1) is 19.1. The molecule has 1 aliphatic rings. The van der Waals surface area contributed by atoms with Gasteiger partial charge in [0.1, 0.15) is 0 Å². The van der Waals surface area contributed by atoms with Gasteiger partial charge in [-0.2, -0.15) is 0 Å². The normalized spacial score (nSPS) is 13.1. The molecule has 0 atom stereocenters. The fraction of sp³-hybridized carbons (Fsp3) is 0.0833. The summed E-state index contributed by atoms with van der Waals surface area (Å²) in [6.07, 6.45) is 0. The highest BCUT2D eigenvalue weighted by atomic mass is 15.0. The van der Waals surface area contributed by atoms with Gasteiger partial charge in [0, 0.05) is 22.1 Å². The minimum atomic E-state index is -0.0906. The minimum Gasteiger partial charge on any atom is -0.208 e. The summed E-state index contributed by atoms with van der Waals surface area (Å²) in [5.74, 6) is 2.00. The van der Waals surface area contributed by atoms with E-state index in [0.717, 1.165) is 22.3 Å². The van der Waals surface area contributed by atoms with E-state index in [0.29, 0.717) is 17.5 Å². The van der Waals surface area contributed by atoms with Crippen LogP contribution in [0.1, 0.15) is 25.0 Å². The summed E-state index contributed by atoms with van der Waals surface area (Å²) in [7, 11) is 0. The Bertz CT molecular complexity index is 1760. The van der Waals surface area contributed by atoms with Crippen molar-refractivity contribution in [2.24, 2.45) is 0 Å². The third kappa shape index (κ3) is 3.95. The summed E-state index contributed by atoms with van der Waals surface area (Å²) >= 11 is 0. The second kappa shape index (κ2) is 9.14. The van der Waals surface area contributed by atoms with E-state index in [1.165, 1.54) is 27.8 Å². The maximum Gasteiger partial charge on any atom is 0.164 e. The van der Waals surface area contributed by atoms with Crippen LogP contribution in [0.15, 0.2) is 127 Å². The molecule has 1 heterocycles.